The van der Waals surface area contributed by atoms with Gasteiger partial charge in [-0.05, 0) is 24.3 Å². The van der Waals surface area contributed by atoms with E-state index in [2.05, 4.69) is 25.1 Å². The molecule has 1 aliphatic heterocycles. The van der Waals surface area contributed by atoms with Crippen molar-refractivity contribution in [3.8, 4) is 0 Å². The SMILES string of the molecule is O=C(NCCN1CCN(c2ccccc2F)CC1)c1cc2ccc3cccnc3c2[nH]1. The quantitative estimate of drug-likeness (QED) is 0.522. The highest BCUT2D eigenvalue weighted by atomic mass is 19.1. The Bertz CT molecular complexity index is 1230. The molecule has 1 fully saturated rings. The zero-order valence-electron chi connectivity index (χ0n) is 17.1. The Balaban J connectivity index is 1.16. The normalized spacial score (nSPS) is 14.9. The monoisotopic (exact) mass is 417 g/mol. The summed E-state index contributed by atoms with van der Waals surface area (Å²) in [5.41, 5.74) is 2.95. The minimum absolute atomic E-state index is 0.120. The highest BCUT2D eigenvalue weighted by Gasteiger charge is 2.19. The number of H-pyrrole nitrogens is 1. The van der Waals surface area contributed by atoms with E-state index in [-0.39, 0.29) is 11.7 Å². The molecular formula is C24H24FN5O. The highest BCUT2D eigenvalue weighted by Crippen LogP contribution is 2.24. The van der Waals surface area contributed by atoms with Crippen LogP contribution in [-0.4, -0.2) is 60.0 Å². The predicted octanol–water partition coefficient (Wildman–Crippen LogP) is 3.41. The molecule has 0 unspecified atom stereocenters. The zero-order valence-corrected chi connectivity index (χ0v) is 17.1. The van der Waals surface area contributed by atoms with Crippen LogP contribution in [0.4, 0.5) is 10.1 Å². The number of fused-ring (bicyclic) bond motifs is 3. The van der Waals surface area contributed by atoms with Gasteiger partial charge in [0.2, 0.25) is 0 Å². The molecule has 6 nitrogen and oxygen atoms in total. The number of hydrogen-bond donors (Lipinski definition) is 2. The molecular weight excluding hydrogens is 393 g/mol. The van der Waals surface area contributed by atoms with Crippen molar-refractivity contribution in [3.05, 3.63) is 72.3 Å². The number of hydrogen-bond acceptors (Lipinski definition) is 4. The molecule has 2 aromatic heterocycles. The third-order valence-corrected chi connectivity index (χ3v) is 5.89. The lowest BCUT2D eigenvalue weighted by Crippen LogP contribution is -2.48. The van der Waals surface area contributed by atoms with E-state index in [1.54, 1.807) is 12.3 Å². The average molecular weight is 417 g/mol. The summed E-state index contributed by atoms with van der Waals surface area (Å²) in [6.07, 6.45) is 1.76. The number of aromatic amines is 1. The number of pyridine rings is 1. The number of halogens is 1. The Morgan fingerprint density at radius 1 is 1.03 bits per heavy atom. The maximum absolute atomic E-state index is 14.0. The maximum atomic E-state index is 14.0. The third-order valence-electron chi connectivity index (χ3n) is 5.89. The molecule has 3 heterocycles. The topological polar surface area (TPSA) is 64.3 Å². The summed E-state index contributed by atoms with van der Waals surface area (Å²) in [6.45, 7) is 4.56. The first kappa shape index (κ1) is 19.5. The fraction of sp³-hybridized carbons (Fsp3) is 0.250. The van der Waals surface area contributed by atoms with Crippen LogP contribution < -0.4 is 10.2 Å². The number of para-hydroxylation sites is 1. The molecule has 0 aliphatic carbocycles. The molecule has 158 valence electrons. The second-order valence-electron chi connectivity index (χ2n) is 7.82. The van der Waals surface area contributed by atoms with Crippen molar-refractivity contribution in [1.82, 2.24) is 20.2 Å². The summed E-state index contributed by atoms with van der Waals surface area (Å²) in [6, 6.07) is 16.7. The van der Waals surface area contributed by atoms with E-state index in [0.717, 1.165) is 54.5 Å². The average Bonchev–Trinajstić information content (AvgIpc) is 3.25. The minimum atomic E-state index is -0.176. The van der Waals surface area contributed by atoms with Crippen molar-refractivity contribution in [2.45, 2.75) is 0 Å². The number of rotatable bonds is 5. The lowest BCUT2D eigenvalue weighted by atomic mass is 10.1. The molecule has 2 aromatic carbocycles. The summed E-state index contributed by atoms with van der Waals surface area (Å²) in [5.74, 6) is -0.296. The van der Waals surface area contributed by atoms with E-state index < -0.39 is 0 Å². The first-order valence-corrected chi connectivity index (χ1v) is 10.6. The zero-order chi connectivity index (χ0) is 21.2. The van der Waals surface area contributed by atoms with Crippen LogP contribution in [0.3, 0.4) is 0 Å². The van der Waals surface area contributed by atoms with E-state index in [9.17, 15) is 9.18 Å². The fourth-order valence-electron chi connectivity index (χ4n) is 4.20. The van der Waals surface area contributed by atoms with Gasteiger partial charge in [0.25, 0.3) is 5.91 Å². The molecule has 2 N–H and O–H groups in total. The lowest BCUT2D eigenvalue weighted by Gasteiger charge is -2.36. The molecule has 0 bridgehead atoms. The lowest BCUT2D eigenvalue weighted by molar-refractivity contribution is 0.0943. The smallest absolute Gasteiger partial charge is 0.267 e. The van der Waals surface area contributed by atoms with Crippen LogP contribution in [-0.2, 0) is 0 Å². The van der Waals surface area contributed by atoms with Crippen LogP contribution in [0.5, 0.6) is 0 Å². The Kier molecular flexibility index (Phi) is 5.26. The van der Waals surface area contributed by atoms with Gasteiger partial charge in [-0.1, -0.05) is 30.3 Å². The summed E-state index contributed by atoms with van der Waals surface area (Å²) >= 11 is 0. The Labute approximate surface area is 179 Å². The Hall–Kier alpha value is -3.45. The van der Waals surface area contributed by atoms with Crippen molar-refractivity contribution < 1.29 is 9.18 Å². The fourth-order valence-corrected chi connectivity index (χ4v) is 4.20. The van der Waals surface area contributed by atoms with E-state index in [0.29, 0.717) is 17.9 Å². The van der Waals surface area contributed by atoms with Crippen LogP contribution in [0, 0.1) is 5.82 Å². The standard InChI is InChI=1S/C24H24FN5O/c25-19-5-1-2-6-21(19)30-14-12-29(13-15-30)11-10-27-24(31)20-16-18-8-7-17-4-3-9-26-22(17)23(18)28-20/h1-9,16,28H,10-15H2,(H,27,31). The molecule has 1 aliphatic rings. The van der Waals surface area contributed by atoms with Crippen molar-refractivity contribution in [2.75, 3.05) is 44.2 Å². The molecule has 0 spiro atoms. The first-order valence-electron chi connectivity index (χ1n) is 10.6. The van der Waals surface area contributed by atoms with Gasteiger partial charge in [-0.2, -0.15) is 0 Å². The second kappa shape index (κ2) is 8.35. The van der Waals surface area contributed by atoms with Gasteiger partial charge in [0.05, 0.1) is 16.7 Å². The van der Waals surface area contributed by atoms with E-state index in [4.69, 9.17) is 0 Å². The number of nitrogens with zero attached hydrogens (tertiary/aromatic N) is 3. The summed E-state index contributed by atoms with van der Waals surface area (Å²) in [5, 5.41) is 5.01. The third kappa shape index (κ3) is 3.96. The van der Waals surface area contributed by atoms with Gasteiger partial charge in [0, 0.05) is 56.2 Å². The van der Waals surface area contributed by atoms with Crippen LogP contribution in [0.15, 0.2) is 60.8 Å². The van der Waals surface area contributed by atoms with Gasteiger partial charge in [-0.15, -0.1) is 0 Å². The van der Waals surface area contributed by atoms with E-state index in [1.165, 1.54) is 6.07 Å². The number of anilines is 1. The second-order valence-corrected chi connectivity index (χ2v) is 7.82. The number of aromatic nitrogens is 2. The van der Waals surface area contributed by atoms with Gasteiger partial charge in [0.15, 0.2) is 0 Å². The van der Waals surface area contributed by atoms with Crippen LogP contribution in [0.2, 0.25) is 0 Å². The summed E-state index contributed by atoms with van der Waals surface area (Å²) < 4.78 is 14.0. The summed E-state index contributed by atoms with van der Waals surface area (Å²) in [4.78, 5) is 24.7. The number of amides is 1. The number of benzene rings is 2. The van der Waals surface area contributed by atoms with Gasteiger partial charge in [-0.3, -0.25) is 14.7 Å². The number of nitrogens with one attached hydrogen (secondary N) is 2. The minimum Gasteiger partial charge on any atom is -0.367 e. The van der Waals surface area contributed by atoms with E-state index >= 15 is 0 Å². The first-order chi connectivity index (χ1) is 15.2. The largest absolute Gasteiger partial charge is 0.367 e. The highest BCUT2D eigenvalue weighted by molar-refractivity contribution is 6.07. The van der Waals surface area contributed by atoms with Gasteiger partial charge in [-0.25, -0.2) is 4.39 Å². The Morgan fingerprint density at radius 3 is 2.68 bits per heavy atom. The van der Waals surface area contributed by atoms with Gasteiger partial charge >= 0.3 is 0 Å². The van der Waals surface area contributed by atoms with Gasteiger partial charge in [0.1, 0.15) is 11.5 Å². The molecule has 0 saturated carbocycles. The molecule has 7 heteroatoms. The number of carbonyl (C=O) groups excluding carboxylic acids is 1. The number of piperazine rings is 1. The summed E-state index contributed by atoms with van der Waals surface area (Å²) in [7, 11) is 0. The molecule has 0 radical (unpaired) electrons. The molecule has 4 aromatic rings. The molecule has 1 amide bonds. The van der Waals surface area contributed by atoms with E-state index in [1.807, 2.05) is 42.5 Å². The van der Waals surface area contributed by atoms with Crippen LogP contribution in [0.1, 0.15) is 10.5 Å². The van der Waals surface area contributed by atoms with Crippen LogP contribution in [0.25, 0.3) is 21.8 Å². The molecule has 0 atom stereocenters. The molecule has 5 rings (SSSR count). The van der Waals surface area contributed by atoms with Crippen molar-refractivity contribution in [1.29, 1.82) is 0 Å². The Morgan fingerprint density at radius 2 is 1.84 bits per heavy atom. The van der Waals surface area contributed by atoms with Crippen molar-refractivity contribution in [2.24, 2.45) is 0 Å². The van der Waals surface area contributed by atoms with Crippen molar-refractivity contribution in [3.63, 3.8) is 0 Å². The number of carbonyl (C=O) groups is 1. The van der Waals surface area contributed by atoms with Crippen molar-refractivity contribution >= 4 is 33.4 Å². The predicted molar refractivity (Wildman–Crippen MR) is 121 cm³/mol. The van der Waals surface area contributed by atoms with Gasteiger partial charge < -0.3 is 15.2 Å². The maximum Gasteiger partial charge on any atom is 0.267 e. The molecule has 31 heavy (non-hydrogen) atoms. The van der Waals surface area contributed by atoms with Crippen LogP contribution >= 0.6 is 0 Å². The molecule has 1 saturated heterocycles.